The number of hydrogen-bond donors (Lipinski definition) is 1. The molecule has 1 saturated heterocycles. The second kappa shape index (κ2) is 7.73. The van der Waals surface area contributed by atoms with E-state index in [0.717, 1.165) is 34.1 Å². The maximum Gasteiger partial charge on any atom is 0.332 e. The molecule has 6 nitrogen and oxygen atoms in total. The lowest BCUT2D eigenvalue weighted by molar-refractivity contribution is -0.125. The molecule has 0 saturated carbocycles. The van der Waals surface area contributed by atoms with Gasteiger partial charge in [0.15, 0.2) is 5.54 Å². The van der Waals surface area contributed by atoms with Crippen molar-refractivity contribution in [3.8, 4) is 5.75 Å². The number of ether oxygens (including phenoxy) is 1. The Morgan fingerprint density at radius 1 is 1.00 bits per heavy atom. The number of fused-ring (bicyclic) bond motifs is 5. The number of amides is 3. The lowest BCUT2D eigenvalue weighted by Gasteiger charge is -2.40. The van der Waals surface area contributed by atoms with E-state index in [-0.39, 0.29) is 17.9 Å². The Balaban J connectivity index is 1.57. The fraction of sp³-hybridized carbons (Fsp3) is 0.241. The number of para-hydroxylation sites is 3. The van der Waals surface area contributed by atoms with Gasteiger partial charge >= 0.3 is 6.03 Å². The zero-order valence-electron chi connectivity index (χ0n) is 20.0. The van der Waals surface area contributed by atoms with Gasteiger partial charge in [-0.25, -0.2) is 9.69 Å². The molecule has 1 aromatic heterocycles. The van der Waals surface area contributed by atoms with Crippen LogP contribution in [0.5, 0.6) is 5.75 Å². The predicted molar refractivity (Wildman–Crippen MR) is 136 cm³/mol. The zero-order chi connectivity index (χ0) is 24.3. The fourth-order valence-corrected chi connectivity index (χ4v) is 5.70. The normalized spacial score (nSPS) is 21.4. The largest absolute Gasteiger partial charge is 0.495 e. The first-order valence-electron chi connectivity index (χ1n) is 12.0. The molecule has 176 valence electrons. The molecule has 6 heteroatoms. The molecular weight excluding hydrogens is 438 g/mol. The summed E-state index contributed by atoms with van der Waals surface area (Å²) in [6.45, 7) is 4.40. The number of aryl methyl sites for hydroxylation is 1. The summed E-state index contributed by atoms with van der Waals surface area (Å²) in [6, 6.07) is 23.5. The van der Waals surface area contributed by atoms with Crippen LogP contribution < -0.4 is 9.64 Å². The number of nitrogens with one attached hydrogen (secondary N) is 1. The highest BCUT2D eigenvalue weighted by atomic mass is 16.5. The first-order valence-corrected chi connectivity index (χ1v) is 12.0. The van der Waals surface area contributed by atoms with E-state index in [2.05, 4.69) is 42.2 Å². The van der Waals surface area contributed by atoms with Crippen molar-refractivity contribution in [3.05, 3.63) is 95.2 Å². The minimum Gasteiger partial charge on any atom is -0.495 e. The average molecular weight is 466 g/mol. The van der Waals surface area contributed by atoms with E-state index in [1.165, 1.54) is 10.5 Å². The van der Waals surface area contributed by atoms with Gasteiger partial charge < -0.3 is 14.6 Å². The van der Waals surface area contributed by atoms with Gasteiger partial charge in [0.05, 0.1) is 18.5 Å². The minimum atomic E-state index is -1.15. The van der Waals surface area contributed by atoms with Crippen molar-refractivity contribution in [1.82, 2.24) is 9.88 Å². The summed E-state index contributed by atoms with van der Waals surface area (Å²) in [5.74, 6) is 0.148. The van der Waals surface area contributed by atoms with Gasteiger partial charge in [-0.05, 0) is 48.2 Å². The van der Waals surface area contributed by atoms with Gasteiger partial charge in [0, 0.05) is 23.4 Å². The lowest BCUT2D eigenvalue weighted by Crippen LogP contribution is -2.50. The van der Waals surface area contributed by atoms with Crippen molar-refractivity contribution >= 4 is 28.5 Å². The number of imide groups is 1. The molecule has 3 amide bonds. The number of urea groups is 1. The molecule has 0 spiro atoms. The van der Waals surface area contributed by atoms with E-state index in [0.29, 0.717) is 18.0 Å². The van der Waals surface area contributed by atoms with Gasteiger partial charge in [-0.2, -0.15) is 0 Å². The number of H-pyrrole nitrogens is 1. The number of benzene rings is 3. The molecule has 2 atom stereocenters. The van der Waals surface area contributed by atoms with Crippen molar-refractivity contribution in [2.45, 2.75) is 31.7 Å². The summed E-state index contributed by atoms with van der Waals surface area (Å²) in [5.41, 5.74) is 4.55. The second-order valence-corrected chi connectivity index (χ2v) is 9.38. The zero-order valence-corrected chi connectivity index (χ0v) is 20.0. The number of carbonyl (C=O) groups is 2. The molecule has 3 heterocycles. The molecule has 35 heavy (non-hydrogen) atoms. The summed E-state index contributed by atoms with van der Waals surface area (Å²) in [4.78, 5) is 34.5. The van der Waals surface area contributed by atoms with Gasteiger partial charge in [-0.3, -0.25) is 4.79 Å². The Bertz CT molecular complexity index is 1470. The monoisotopic (exact) mass is 465 g/mol. The van der Waals surface area contributed by atoms with Gasteiger partial charge in [-0.15, -0.1) is 0 Å². The van der Waals surface area contributed by atoms with Gasteiger partial charge in [0.25, 0.3) is 5.91 Å². The van der Waals surface area contributed by atoms with Crippen molar-refractivity contribution in [1.29, 1.82) is 0 Å². The number of rotatable bonds is 4. The highest BCUT2D eigenvalue weighted by molar-refractivity contribution is 6.24. The SMILES string of the molecule is CCc1ccc(C2CN3C(=O)N(c4ccccc4OC)C(=O)C3(C)c3[nH]c4ccccc4c32)cc1. The van der Waals surface area contributed by atoms with E-state index in [9.17, 15) is 9.59 Å². The summed E-state index contributed by atoms with van der Waals surface area (Å²) < 4.78 is 5.50. The summed E-state index contributed by atoms with van der Waals surface area (Å²) in [5, 5.41) is 1.09. The van der Waals surface area contributed by atoms with Crippen LogP contribution >= 0.6 is 0 Å². The number of aromatic amines is 1. The molecular formula is C29H27N3O3. The van der Waals surface area contributed by atoms with E-state index >= 15 is 0 Å². The maximum atomic E-state index is 14.1. The van der Waals surface area contributed by atoms with Crippen LogP contribution in [0.15, 0.2) is 72.8 Å². The number of hydrogen-bond acceptors (Lipinski definition) is 3. The van der Waals surface area contributed by atoms with Crippen LogP contribution in [0.25, 0.3) is 10.9 Å². The van der Waals surface area contributed by atoms with E-state index < -0.39 is 5.54 Å². The quantitative estimate of drug-likeness (QED) is 0.401. The molecule has 0 aliphatic carbocycles. The molecule has 2 aliphatic rings. The highest BCUT2D eigenvalue weighted by Crippen LogP contribution is 2.51. The smallest absolute Gasteiger partial charge is 0.332 e. The third-order valence-electron chi connectivity index (χ3n) is 7.64. The molecule has 2 unspecified atom stereocenters. The highest BCUT2D eigenvalue weighted by Gasteiger charge is 2.61. The number of nitrogens with zero attached hydrogens (tertiary/aromatic N) is 2. The Morgan fingerprint density at radius 3 is 2.46 bits per heavy atom. The average Bonchev–Trinajstić information content (AvgIpc) is 3.38. The number of aromatic nitrogens is 1. The summed E-state index contributed by atoms with van der Waals surface area (Å²) >= 11 is 0. The van der Waals surface area contributed by atoms with Crippen LogP contribution in [0.4, 0.5) is 10.5 Å². The second-order valence-electron chi connectivity index (χ2n) is 9.38. The number of carbonyl (C=O) groups excluding carboxylic acids is 2. The minimum absolute atomic E-state index is 0.0606. The topological polar surface area (TPSA) is 65.6 Å². The van der Waals surface area contributed by atoms with Crippen molar-refractivity contribution in [2.75, 3.05) is 18.6 Å². The first kappa shape index (κ1) is 21.5. The first-order chi connectivity index (χ1) is 17.0. The fourth-order valence-electron chi connectivity index (χ4n) is 5.70. The van der Waals surface area contributed by atoms with Gasteiger partial charge in [0.2, 0.25) is 0 Å². The van der Waals surface area contributed by atoms with E-state index in [4.69, 9.17) is 4.74 Å². The maximum absolute atomic E-state index is 14.1. The Labute approximate surface area is 204 Å². The Hall–Kier alpha value is -4.06. The van der Waals surface area contributed by atoms with Crippen LogP contribution in [0, 0.1) is 0 Å². The molecule has 0 radical (unpaired) electrons. The number of methoxy groups -OCH3 is 1. The Morgan fingerprint density at radius 2 is 1.71 bits per heavy atom. The van der Waals surface area contributed by atoms with Crippen molar-refractivity contribution in [2.24, 2.45) is 0 Å². The molecule has 2 aliphatic heterocycles. The molecule has 1 N–H and O–H groups in total. The van der Waals surface area contributed by atoms with Crippen LogP contribution in [-0.2, 0) is 16.8 Å². The Kier molecular flexibility index (Phi) is 4.74. The van der Waals surface area contributed by atoms with Crippen LogP contribution in [-0.4, -0.2) is 35.5 Å². The van der Waals surface area contributed by atoms with Crippen LogP contribution in [0.3, 0.4) is 0 Å². The third-order valence-corrected chi connectivity index (χ3v) is 7.64. The molecule has 1 fully saturated rings. The van der Waals surface area contributed by atoms with Gasteiger partial charge in [-0.1, -0.05) is 61.5 Å². The predicted octanol–water partition coefficient (Wildman–Crippen LogP) is 5.57. The standard InChI is InChI=1S/C29H27N3O3/c1-4-18-13-15-19(16-14-18)21-17-31-28(34)32(23-11-7-8-12-24(23)35-3)27(33)29(31,2)26-25(21)20-9-5-6-10-22(20)30-26/h5-16,21,30H,4,17H2,1-3H3. The molecule has 4 aromatic rings. The molecule has 6 rings (SSSR count). The van der Waals surface area contributed by atoms with Crippen molar-refractivity contribution < 1.29 is 14.3 Å². The third kappa shape index (κ3) is 2.89. The van der Waals surface area contributed by atoms with Crippen molar-refractivity contribution in [3.63, 3.8) is 0 Å². The molecule has 3 aromatic carbocycles. The summed E-state index contributed by atoms with van der Waals surface area (Å²) in [6.07, 6.45) is 0.967. The van der Waals surface area contributed by atoms with Crippen LogP contribution in [0.2, 0.25) is 0 Å². The van der Waals surface area contributed by atoms with Crippen LogP contribution in [0.1, 0.15) is 42.1 Å². The summed E-state index contributed by atoms with van der Waals surface area (Å²) in [7, 11) is 1.55. The van der Waals surface area contributed by atoms with E-state index in [1.54, 1.807) is 24.1 Å². The molecule has 0 bridgehead atoms. The number of anilines is 1. The van der Waals surface area contributed by atoms with E-state index in [1.807, 2.05) is 37.3 Å². The van der Waals surface area contributed by atoms with Gasteiger partial charge in [0.1, 0.15) is 5.75 Å². The lowest BCUT2D eigenvalue weighted by atomic mass is 9.78.